The van der Waals surface area contributed by atoms with Gasteiger partial charge in [-0.3, -0.25) is 9.52 Å². The van der Waals surface area contributed by atoms with Gasteiger partial charge in [-0.2, -0.15) is 4.99 Å². The lowest BCUT2D eigenvalue weighted by Gasteiger charge is -2.08. The maximum Gasteiger partial charge on any atom is 0.279 e. The third kappa shape index (κ3) is 4.41. The van der Waals surface area contributed by atoms with E-state index >= 15 is 0 Å². The number of rotatable bonds is 5. The molecule has 0 saturated carbocycles. The number of nitrogens with zero attached hydrogens (tertiary/aromatic N) is 2. The first-order valence-electron chi connectivity index (χ1n) is 9.38. The van der Waals surface area contributed by atoms with E-state index in [0.717, 1.165) is 28.1 Å². The number of carbonyl (C=O) groups is 1. The number of aromatic nitrogens is 1. The van der Waals surface area contributed by atoms with Crippen LogP contribution in [0.25, 0.3) is 10.2 Å². The lowest BCUT2D eigenvalue weighted by Crippen LogP contribution is -2.14. The minimum Gasteiger partial charge on any atom is -0.497 e. The minimum absolute atomic E-state index is 0.0667. The van der Waals surface area contributed by atoms with E-state index in [4.69, 9.17) is 4.74 Å². The highest BCUT2D eigenvalue weighted by Crippen LogP contribution is 2.23. The minimum atomic E-state index is -3.87. The molecule has 0 unspecified atom stereocenters. The van der Waals surface area contributed by atoms with E-state index in [1.807, 2.05) is 29.8 Å². The largest absolute Gasteiger partial charge is 0.497 e. The molecule has 0 atom stereocenters. The number of hydrogen-bond donors (Lipinski definition) is 1. The van der Waals surface area contributed by atoms with Gasteiger partial charge in [0.05, 0.1) is 22.2 Å². The van der Waals surface area contributed by atoms with Gasteiger partial charge in [0, 0.05) is 18.3 Å². The third-order valence-corrected chi connectivity index (χ3v) is 7.21. The Hall–Kier alpha value is -3.50. The van der Waals surface area contributed by atoms with Gasteiger partial charge < -0.3 is 9.30 Å². The molecule has 0 fully saturated rings. The van der Waals surface area contributed by atoms with Crippen LogP contribution in [-0.4, -0.2) is 26.0 Å². The van der Waals surface area contributed by atoms with Crippen molar-refractivity contribution < 1.29 is 22.3 Å². The molecule has 0 saturated heterocycles. The van der Waals surface area contributed by atoms with Crippen LogP contribution in [0.1, 0.15) is 10.4 Å². The van der Waals surface area contributed by atoms with Crippen LogP contribution >= 0.6 is 11.3 Å². The SMILES string of the molecule is COc1ccc2c(c1)sc(=NC(=O)c1ccc(NS(=O)(=O)c3ccc(F)cc3)cc1)n2C. The van der Waals surface area contributed by atoms with Crippen LogP contribution in [-0.2, 0) is 17.1 Å². The van der Waals surface area contributed by atoms with Gasteiger partial charge in [0.15, 0.2) is 4.80 Å². The molecule has 0 radical (unpaired) electrons. The number of benzene rings is 3. The Kier molecular flexibility index (Phi) is 5.81. The van der Waals surface area contributed by atoms with Crippen molar-refractivity contribution >= 4 is 43.2 Å². The zero-order valence-corrected chi connectivity index (χ0v) is 18.7. The second-order valence-electron chi connectivity index (χ2n) is 6.83. The lowest BCUT2D eigenvalue weighted by molar-refractivity contribution is 0.0998. The highest BCUT2D eigenvalue weighted by Gasteiger charge is 2.15. The first-order chi connectivity index (χ1) is 15.3. The number of thiazole rings is 1. The van der Waals surface area contributed by atoms with E-state index in [0.29, 0.717) is 10.4 Å². The summed E-state index contributed by atoms with van der Waals surface area (Å²) in [7, 11) is -0.460. The summed E-state index contributed by atoms with van der Waals surface area (Å²) in [5, 5.41) is 0. The molecule has 32 heavy (non-hydrogen) atoms. The quantitative estimate of drug-likeness (QED) is 0.478. The first kappa shape index (κ1) is 21.7. The molecule has 1 N–H and O–H groups in total. The molecule has 0 spiro atoms. The van der Waals surface area contributed by atoms with Crippen LogP contribution in [0.3, 0.4) is 0 Å². The van der Waals surface area contributed by atoms with Gasteiger partial charge in [-0.05, 0) is 66.7 Å². The van der Waals surface area contributed by atoms with Crippen LogP contribution in [0.2, 0.25) is 0 Å². The predicted octanol–water partition coefficient (Wildman–Crippen LogP) is 3.93. The molecule has 1 aromatic heterocycles. The number of amides is 1. The number of methoxy groups -OCH3 is 1. The molecular formula is C22H18FN3O4S2. The average molecular weight is 472 g/mol. The highest BCUT2D eigenvalue weighted by molar-refractivity contribution is 7.92. The molecule has 1 amide bonds. The van der Waals surface area contributed by atoms with E-state index in [9.17, 15) is 17.6 Å². The van der Waals surface area contributed by atoms with E-state index in [1.165, 1.54) is 47.7 Å². The van der Waals surface area contributed by atoms with Crippen LogP contribution in [0, 0.1) is 5.82 Å². The van der Waals surface area contributed by atoms with Gasteiger partial charge >= 0.3 is 0 Å². The summed E-state index contributed by atoms with van der Waals surface area (Å²) in [6.07, 6.45) is 0. The molecule has 7 nitrogen and oxygen atoms in total. The predicted molar refractivity (Wildman–Crippen MR) is 121 cm³/mol. The van der Waals surface area contributed by atoms with Crippen molar-refractivity contribution in [3.63, 3.8) is 0 Å². The Bertz CT molecular complexity index is 1470. The molecule has 0 aliphatic heterocycles. The van der Waals surface area contributed by atoms with Crippen molar-refractivity contribution in [2.24, 2.45) is 12.0 Å². The fourth-order valence-corrected chi connectivity index (χ4v) is 5.11. The van der Waals surface area contributed by atoms with Crippen LogP contribution < -0.4 is 14.3 Å². The molecule has 10 heteroatoms. The zero-order valence-electron chi connectivity index (χ0n) is 17.1. The van der Waals surface area contributed by atoms with Gasteiger partial charge in [-0.15, -0.1) is 0 Å². The van der Waals surface area contributed by atoms with Crippen molar-refractivity contribution in [2.75, 3.05) is 11.8 Å². The smallest absolute Gasteiger partial charge is 0.279 e. The number of halogens is 1. The number of nitrogens with one attached hydrogen (secondary N) is 1. The van der Waals surface area contributed by atoms with E-state index in [2.05, 4.69) is 9.71 Å². The molecule has 4 rings (SSSR count). The highest BCUT2D eigenvalue weighted by atomic mass is 32.2. The van der Waals surface area contributed by atoms with Crippen molar-refractivity contribution in [3.8, 4) is 5.75 Å². The molecule has 164 valence electrons. The number of aryl methyl sites for hydroxylation is 1. The average Bonchev–Trinajstić information content (AvgIpc) is 3.08. The fourth-order valence-electron chi connectivity index (χ4n) is 3.01. The molecule has 0 bridgehead atoms. The number of anilines is 1. The Morgan fingerprint density at radius 1 is 1.06 bits per heavy atom. The molecule has 0 aliphatic rings. The number of carbonyl (C=O) groups excluding carboxylic acids is 1. The summed E-state index contributed by atoms with van der Waals surface area (Å²) >= 11 is 1.36. The second kappa shape index (κ2) is 8.56. The van der Waals surface area contributed by atoms with Crippen molar-refractivity contribution in [2.45, 2.75) is 4.90 Å². The number of sulfonamides is 1. The Balaban J connectivity index is 1.56. The van der Waals surface area contributed by atoms with Crippen LogP contribution in [0.15, 0.2) is 76.6 Å². The third-order valence-electron chi connectivity index (χ3n) is 4.72. The normalized spacial score (nSPS) is 12.2. The van der Waals surface area contributed by atoms with Gasteiger partial charge in [0.1, 0.15) is 11.6 Å². The molecule has 0 aliphatic carbocycles. The summed E-state index contributed by atoms with van der Waals surface area (Å²) in [4.78, 5) is 17.3. The molecular weight excluding hydrogens is 453 g/mol. The standard InChI is InChI=1S/C22H18FN3O4S2/c1-26-19-12-9-17(30-2)13-20(19)31-22(26)24-21(27)14-3-7-16(8-4-14)25-32(28,29)18-10-5-15(23)6-11-18/h3-13,25H,1-2H3. The fraction of sp³-hybridized carbons (Fsp3) is 0.0909. The maximum atomic E-state index is 13.0. The Morgan fingerprint density at radius 2 is 1.75 bits per heavy atom. The zero-order chi connectivity index (χ0) is 22.9. The summed E-state index contributed by atoms with van der Waals surface area (Å²) in [5.41, 5.74) is 1.50. The second-order valence-corrected chi connectivity index (χ2v) is 9.52. The first-order valence-corrected chi connectivity index (χ1v) is 11.7. The van der Waals surface area contributed by atoms with Gasteiger partial charge in [-0.1, -0.05) is 11.3 Å². The summed E-state index contributed by atoms with van der Waals surface area (Å²) in [6, 6.07) is 16.0. The van der Waals surface area contributed by atoms with Crippen LogP contribution in [0.5, 0.6) is 5.75 Å². The van der Waals surface area contributed by atoms with E-state index in [-0.39, 0.29) is 10.6 Å². The molecule has 3 aromatic carbocycles. The maximum absolute atomic E-state index is 13.0. The van der Waals surface area contributed by atoms with Crippen LogP contribution in [0.4, 0.5) is 10.1 Å². The van der Waals surface area contributed by atoms with Gasteiger partial charge in [0.25, 0.3) is 15.9 Å². The number of ether oxygens (including phenoxy) is 1. The monoisotopic (exact) mass is 471 g/mol. The molecule has 1 heterocycles. The van der Waals surface area contributed by atoms with Crippen molar-refractivity contribution in [1.29, 1.82) is 0 Å². The number of fused-ring (bicyclic) bond motifs is 1. The van der Waals surface area contributed by atoms with E-state index in [1.54, 1.807) is 7.11 Å². The topological polar surface area (TPSA) is 89.8 Å². The van der Waals surface area contributed by atoms with E-state index < -0.39 is 21.7 Å². The van der Waals surface area contributed by atoms with Gasteiger partial charge in [-0.25, -0.2) is 12.8 Å². The lowest BCUT2D eigenvalue weighted by atomic mass is 10.2. The van der Waals surface area contributed by atoms with Crippen molar-refractivity contribution in [3.05, 3.63) is 82.9 Å². The molecule has 4 aromatic rings. The Labute approximate surface area is 187 Å². The number of hydrogen-bond acceptors (Lipinski definition) is 5. The summed E-state index contributed by atoms with van der Waals surface area (Å²) in [5.74, 6) is -0.260. The summed E-state index contributed by atoms with van der Waals surface area (Å²) < 4.78 is 48.3. The Morgan fingerprint density at radius 3 is 2.41 bits per heavy atom. The summed E-state index contributed by atoms with van der Waals surface area (Å²) in [6.45, 7) is 0. The van der Waals surface area contributed by atoms with Gasteiger partial charge in [0.2, 0.25) is 0 Å². The van der Waals surface area contributed by atoms with Crippen molar-refractivity contribution in [1.82, 2.24) is 4.57 Å².